The second-order valence-corrected chi connectivity index (χ2v) is 5.71. The maximum Gasteiger partial charge on any atom is 0.125 e. The first-order valence-corrected chi connectivity index (χ1v) is 7.69. The fourth-order valence-corrected chi connectivity index (χ4v) is 2.90. The van der Waals surface area contributed by atoms with Crippen LogP contribution in [-0.2, 0) is 6.61 Å². The van der Waals surface area contributed by atoms with Gasteiger partial charge in [-0.05, 0) is 23.1 Å². The van der Waals surface area contributed by atoms with Gasteiger partial charge in [-0.25, -0.2) is 0 Å². The van der Waals surface area contributed by atoms with Gasteiger partial charge < -0.3 is 9.84 Å². The number of hydrogen-bond acceptors (Lipinski definition) is 3. The van der Waals surface area contributed by atoms with Crippen molar-refractivity contribution < 1.29 is 9.84 Å². The topological polar surface area (TPSA) is 29.5 Å². The Morgan fingerprint density at radius 1 is 0.905 bits per heavy atom. The summed E-state index contributed by atoms with van der Waals surface area (Å²) in [7, 11) is 0. The molecular weight excluding hydrogens is 280 g/mol. The Bertz CT molecular complexity index is 677. The first-order valence-electron chi connectivity index (χ1n) is 6.82. The van der Waals surface area contributed by atoms with Crippen molar-refractivity contribution >= 4 is 11.3 Å². The number of aliphatic hydroxyl groups is 1. The Labute approximate surface area is 128 Å². The number of rotatable bonds is 5. The van der Waals surface area contributed by atoms with Gasteiger partial charge in [-0.2, -0.15) is 0 Å². The van der Waals surface area contributed by atoms with Crippen LogP contribution in [0.5, 0.6) is 5.75 Å². The van der Waals surface area contributed by atoms with Gasteiger partial charge >= 0.3 is 0 Å². The van der Waals surface area contributed by atoms with Crippen molar-refractivity contribution in [3.63, 3.8) is 0 Å². The van der Waals surface area contributed by atoms with Gasteiger partial charge in [0.15, 0.2) is 0 Å². The zero-order valence-electron chi connectivity index (χ0n) is 11.5. The van der Waals surface area contributed by atoms with E-state index in [9.17, 15) is 5.11 Å². The van der Waals surface area contributed by atoms with Crippen molar-refractivity contribution in [2.24, 2.45) is 0 Å². The molecule has 0 aliphatic rings. The van der Waals surface area contributed by atoms with E-state index >= 15 is 0 Å². The highest BCUT2D eigenvalue weighted by Crippen LogP contribution is 2.32. The Kier molecular flexibility index (Phi) is 4.34. The van der Waals surface area contributed by atoms with Crippen molar-refractivity contribution in [2.45, 2.75) is 12.7 Å². The van der Waals surface area contributed by atoms with E-state index in [4.69, 9.17) is 4.74 Å². The number of thiophene rings is 1. The van der Waals surface area contributed by atoms with Crippen molar-refractivity contribution in [1.29, 1.82) is 0 Å². The van der Waals surface area contributed by atoms with Crippen LogP contribution >= 0.6 is 11.3 Å². The van der Waals surface area contributed by atoms with Gasteiger partial charge in [-0.1, -0.05) is 54.6 Å². The molecule has 1 aromatic heterocycles. The van der Waals surface area contributed by atoms with E-state index in [0.29, 0.717) is 6.61 Å². The van der Waals surface area contributed by atoms with Gasteiger partial charge in [-0.15, -0.1) is 11.3 Å². The molecule has 1 N–H and O–H groups in total. The van der Waals surface area contributed by atoms with Crippen molar-refractivity contribution in [1.82, 2.24) is 0 Å². The van der Waals surface area contributed by atoms with E-state index in [1.54, 1.807) is 11.3 Å². The van der Waals surface area contributed by atoms with Gasteiger partial charge in [0.05, 0.1) is 0 Å². The lowest BCUT2D eigenvalue weighted by Gasteiger charge is -2.15. The highest BCUT2D eigenvalue weighted by molar-refractivity contribution is 7.10. The van der Waals surface area contributed by atoms with Crippen LogP contribution in [0.15, 0.2) is 72.1 Å². The summed E-state index contributed by atoms with van der Waals surface area (Å²) in [5.41, 5.74) is 1.91. The molecule has 2 nitrogen and oxygen atoms in total. The number of ether oxygens (including phenoxy) is 1. The third-order valence-corrected chi connectivity index (χ3v) is 4.19. The quantitative estimate of drug-likeness (QED) is 0.755. The minimum atomic E-state index is -0.642. The standard InChI is InChI=1S/C18H16O2S/c19-18(17-11-6-12-21-17)15-9-4-5-10-16(15)20-13-14-7-2-1-3-8-14/h1-12,18-19H,13H2. The molecule has 0 amide bonds. The molecule has 3 rings (SSSR count). The van der Waals surface area contributed by atoms with Gasteiger partial charge in [0.2, 0.25) is 0 Å². The zero-order valence-corrected chi connectivity index (χ0v) is 12.3. The van der Waals surface area contributed by atoms with Gasteiger partial charge in [0.25, 0.3) is 0 Å². The van der Waals surface area contributed by atoms with Crippen LogP contribution in [0.1, 0.15) is 22.1 Å². The van der Waals surface area contributed by atoms with E-state index in [2.05, 4.69) is 0 Å². The Balaban J connectivity index is 1.80. The SMILES string of the molecule is OC(c1cccs1)c1ccccc1OCc1ccccc1. The second kappa shape index (κ2) is 6.57. The van der Waals surface area contributed by atoms with Crippen LogP contribution in [0.25, 0.3) is 0 Å². The molecule has 1 heterocycles. The normalized spacial score (nSPS) is 12.0. The monoisotopic (exact) mass is 296 g/mol. The lowest BCUT2D eigenvalue weighted by molar-refractivity contribution is 0.212. The van der Waals surface area contributed by atoms with Crippen molar-refractivity contribution in [3.05, 3.63) is 88.1 Å². The molecule has 0 fully saturated rings. The number of para-hydroxylation sites is 1. The van der Waals surface area contributed by atoms with E-state index in [-0.39, 0.29) is 0 Å². The summed E-state index contributed by atoms with van der Waals surface area (Å²) < 4.78 is 5.89. The molecule has 3 heteroatoms. The van der Waals surface area contributed by atoms with Crippen LogP contribution < -0.4 is 4.74 Å². The van der Waals surface area contributed by atoms with E-state index in [0.717, 1.165) is 21.8 Å². The fourth-order valence-electron chi connectivity index (χ4n) is 2.17. The molecule has 0 radical (unpaired) electrons. The van der Waals surface area contributed by atoms with E-state index in [1.165, 1.54) is 0 Å². The summed E-state index contributed by atoms with van der Waals surface area (Å²) >= 11 is 1.54. The predicted molar refractivity (Wildman–Crippen MR) is 85.6 cm³/mol. The summed E-state index contributed by atoms with van der Waals surface area (Å²) in [4.78, 5) is 0.922. The highest BCUT2D eigenvalue weighted by Gasteiger charge is 2.16. The highest BCUT2D eigenvalue weighted by atomic mass is 32.1. The molecular formula is C18H16O2S. The molecule has 0 aliphatic carbocycles. The minimum Gasteiger partial charge on any atom is -0.489 e. The molecule has 2 aromatic carbocycles. The van der Waals surface area contributed by atoms with Crippen LogP contribution in [0.2, 0.25) is 0 Å². The molecule has 0 bridgehead atoms. The molecule has 1 atom stereocenters. The summed E-state index contributed by atoms with van der Waals surface area (Å²) in [6.07, 6.45) is -0.642. The maximum atomic E-state index is 10.5. The van der Waals surface area contributed by atoms with Gasteiger partial charge in [0, 0.05) is 10.4 Å². The van der Waals surface area contributed by atoms with E-state index < -0.39 is 6.10 Å². The Morgan fingerprint density at radius 3 is 2.43 bits per heavy atom. The molecule has 1 unspecified atom stereocenters. The Hall–Kier alpha value is -2.10. The summed E-state index contributed by atoms with van der Waals surface area (Å²) in [5.74, 6) is 0.724. The largest absolute Gasteiger partial charge is 0.489 e. The Morgan fingerprint density at radius 2 is 1.67 bits per heavy atom. The maximum absolute atomic E-state index is 10.5. The fraction of sp³-hybridized carbons (Fsp3) is 0.111. The number of benzene rings is 2. The third-order valence-electron chi connectivity index (χ3n) is 3.26. The van der Waals surface area contributed by atoms with Crippen LogP contribution in [0.3, 0.4) is 0 Å². The minimum absolute atomic E-state index is 0.495. The smallest absolute Gasteiger partial charge is 0.125 e. The van der Waals surface area contributed by atoms with Crippen LogP contribution in [0.4, 0.5) is 0 Å². The average molecular weight is 296 g/mol. The molecule has 3 aromatic rings. The molecule has 0 aliphatic heterocycles. The third kappa shape index (κ3) is 3.32. The van der Waals surface area contributed by atoms with Gasteiger partial charge in [0.1, 0.15) is 18.5 Å². The average Bonchev–Trinajstić information content (AvgIpc) is 3.08. The second-order valence-electron chi connectivity index (χ2n) is 4.73. The molecule has 0 saturated heterocycles. The molecule has 106 valence electrons. The van der Waals surface area contributed by atoms with Crippen LogP contribution in [0, 0.1) is 0 Å². The summed E-state index contributed by atoms with van der Waals surface area (Å²) in [6.45, 7) is 0.495. The molecule has 21 heavy (non-hydrogen) atoms. The lowest BCUT2D eigenvalue weighted by Crippen LogP contribution is -2.03. The van der Waals surface area contributed by atoms with Crippen LogP contribution in [-0.4, -0.2) is 5.11 Å². The molecule has 0 saturated carbocycles. The van der Waals surface area contributed by atoms with Crippen molar-refractivity contribution in [2.75, 3.05) is 0 Å². The van der Waals surface area contributed by atoms with Crippen molar-refractivity contribution in [3.8, 4) is 5.75 Å². The first kappa shape index (κ1) is 13.9. The molecule has 0 spiro atoms. The number of aliphatic hydroxyl groups excluding tert-OH is 1. The summed E-state index contributed by atoms with van der Waals surface area (Å²) in [6, 6.07) is 21.5. The van der Waals surface area contributed by atoms with E-state index in [1.807, 2.05) is 72.1 Å². The predicted octanol–water partition coefficient (Wildman–Crippen LogP) is 4.41. The summed E-state index contributed by atoms with van der Waals surface area (Å²) in [5, 5.41) is 12.5. The number of hydrogen-bond donors (Lipinski definition) is 1. The van der Waals surface area contributed by atoms with Gasteiger partial charge in [-0.3, -0.25) is 0 Å². The lowest BCUT2D eigenvalue weighted by atomic mass is 10.1. The first-order chi connectivity index (χ1) is 10.3. The zero-order chi connectivity index (χ0) is 14.5.